The Kier molecular flexibility index (Phi) is 9.78. The molecule has 0 aliphatic heterocycles. The minimum Gasteiger partial charge on any atom is -0.508 e. The normalized spacial score (nSPS) is 11.8. The maximum absolute atomic E-state index is 12.8. The summed E-state index contributed by atoms with van der Waals surface area (Å²) in [6.45, 7) is 6.63. The molecule has 1 unspecified atom stereocenters. The molecule has 3 amide bonds. The van der Waals surface area contributed by atoms with Gasteiger partial charge in [-0.25, -0.2) is 4.79 Å². The number of nitrogens with one attached hydrogen (secondary N) is 2. The number of phenolic OH excluding ortho intramolecular Hbond substituents is 1. The van der Waals surface area contributed by atoms with Gasteiger partial charge in [0.25, 0.3) is 0 Å². The van der Waals surface area contributed by atoms with E-state index in [0.29, 0.717) is 5.56 Å². The van der Waals surface area contributed by atoms with Crippen LogP contribution in [0.4, 0.5) is 4.79 Å². The monoisotopic (exact) mass is 437 g/mol. The summed E-state index contributed by atoms with van der Waals surface area (Å²) in [5.74, 6) is -1.64. The molecule has 0 fully saturated rings. The number of carbonyl (C=O) groups excluding carboxylic acids is 4. The number of alkyl carbamates (subject to hydrolysis) is 1. The zero-order chi connectivity index (χ0) is 23.6. The molecule has 1 aromatic carbocycles. The molecule has 10 heteroatoms. The summed E-state index contributed by atoms with van der Waals surface area (Å²) in [5, 5.41) is 14.7. The smallest absolute Gasteiger partial charge is 0.408 e. The van der Waals surface area contributed by atoms with Crippen LogP contribution in [0.3, 0.4) is 0 Å². The molecule has 31 heavy (non-hydrogen) atoms. The summed E-state index contributed by atoms with van der Waals surface area (Å²) >= 11 is 0. The number of likely N-dealkylation sites (N-methyl/N-ethyl adjacent to an activating group) is 1. The molecule has 0 heterocycles. The summed E-state index contributed by atoms with van der Waals surface area (Å²) < 4.78 is 9.91. The molecule has 0 radical (unpaired) electrons. The van der Waals surface area contributed by atoms with Crippen LogP contribution in [0.5, 0.6) is 5.75 Å². The standard InChI is InChI=1S/C21H31N3O7/c1-6-30-17(27)10-11-22-19(28)18(14-8-7-9-15(25)12-14)24(5)16(26)13-23-20(29)31-21(2,3)4/h7-9,12,18,25H,6,10-11,13H2,1-5H3,(H,22,28)(H,23,29). The summed E-state index contributed by atoms with van der Waals surface area (Å²) in [6, 6.07) is 4.83. The van der Waals surface area contributed by atoms with Gasteiger partial charge in [-0.05, 0) is 45.4 Å². The summed E-state index contributed by atoms with van der Waals surface area (Å²) in [7, 11) is 1.40. The highest BCUT2D eigenvalue weighted by molar-refractivity contribution is 5.90. The van der Waals surface area contributed by atoms with E-state index in [1.807, 2.05) is 0 Å². The minimum atomic E-state index is -1.10. The second-order valence-electron chi connectivity index (χ2n) is 7.70. The van der Waals surface area contributed by atoms with Crippen LogP contribution in [0.1, 0.15) is 45.7 Å². The predicted octanol–water partition coefficient (Wildman–Crippen LogP) is 1.49. The van der Waals surface area contributed by atoms with Gasteiger partial charge in [0.05, 0.1) is 13.0 Å². The number of rotatable bonds is 9. The van der Waals surface area contributed by atoms with Crippen molar-refractivity contribution in [2.45, 2.75) is 45.8 Å². The van der Waals surface area contributed by atoms with Crippen molar-refractivity contribution in [1.29, 1.82) is 0 Å². The Labute approximate surface area is 181 Å². The molecule has 1 atom stereocenters. The van der Waals surface area contributed by atoms with Crippen molar-refractivity contribution in [3.8, 4) is 5.75 Å². The Bertz CT molecular complexity index is 789. The van der Waals surface area contributed by atoms with Crippen molar-refractivity contribution in [2.75, 3.05) is 26.7 Å². The van der Waals surface area contributed by atoms with Crippen LogP contribution in [-0.2, 0) is 23.9 Å². The highest BCUT2D eigenvalue weighted by Crippen LogP contribution is 2.23. The molecule has 0 saturated heterocycles. The van der Waals surface area contributed by atoms with Crippen LogP contribution in [0.2, 0.25) is 0 Å². The van der Waals surface area contributed by atoms with Crippen LogP contribution in [0.25, 0.3) is 0 Å². The largest absolute Gasteiger partial charge is 0.508 e. The van der Waals surface area contributed by atoms with E-state index in [2.05, 4.69) is 10.6 Å². The average molecular weight is 437 g/mol. The lowest BCUT2D eigenvalue weighted by Crippen LogP contribution is -2.46. The first kappa shape index (κ1) is 25.7. The Morgan fingerprint density at radius 2 is 1.84 bits per heavy atom. The van der Waals surface area contributed by atoms with E-state index in [1.54, 1.807) is 39.8 Å². The van der Waals surface area contributed by atoms with E-state index in [4.69, 9.17) is 9.47 Å². The highest BCUT2D eigenvalue weighted by Gasteiger charge is 2.29. The maximum atomic E-state index is 12.8. The summed E-state index contributed by atoms with van der Waals surface area (Å²) in [6.07, 6.45) is -0.786. The van der Waals surface area contributed by atoms with Crippen LogP contribution in [-0.4, -0.2) is 66.2 Å². The highest BCUT2D eigenvalue weighted by atomic mass is 16.6. The third-order valence-electron chi connectivity index (χ3n) is 3.93. The van der Waals surface area contributed by atoms with Gasteiger partial charge in [-0.2, -0.15) is 0 Å². The number of amides is 3. The van der Waals surface area contributed by atoms with Gasteiger partial charge < -0.3 is 30.1 Å². The van der Waals surface area contributed by atoms with E-state index < -0.39 is 42.1 Å². The molecule has 3 N–H and O–H groups in total. The molecule has 0 aliphatic rings. The molecule has 0 bridgehead atoms. The number of carbonyl (C=O) groups is 4. The SMILES string of the molecule is CCOC(=O)CCNC(=O)C(c1cccc(O)c1)N(C)C(=O)CNC(=O)OC(C)(C)C. The van der Waals surface area contributed by atoms with Crippen molar-refractivity contribution >= 4 is 23.9 Å². The quantitative estimate of drug-likeness (QED) is 0.498. The second kappa shape index (κ2) is 11.8. The molecule has 1 rings (SSSR count). The molecule has 0 spiro atoms. The fourth-order valence-corrected chi connectivity index (χ4v) is 2.59. The average Bonchev–Trinajstić information content (AvgIpc) is 2.65. The van der Waals surface area contributed by atoms with Gasteiger partial charge in [0.1, 0.15) is 23.9 Å². The fourth-order valence-electron chi connectivity index (χ4n) is 2.59. The van der Waals surface area contributed by atoms with E-state index in [9.17, 15) is 24.3 Å². The Balaban J connectivity index is 2.87. The third kappa shape index (κ3) is 9.37. The van der Waals surface area contributed by atoms with Gasteiger partial charge in [-0.15, -0.1) is 0 Å². The Hall–Kier alpha value is -3.30. The molecule has 1 aromatic rings. The summed E-state index contributed by atoms with van der Waals surface area (Å²) in [4.78, 5) is 49.9. The van der Waals surface area contributed by atoms with Crippen molar-refractivity contribution < 1.29 is 33.8 Å². The van der Waals surface area contributed by atoms with Crippen molar-refractivity contribution in [1.82, 2.24) is 15.5 Å². The Morgan fingerprint density at radius 3 is 2.42 bits per heavy atom. The molecular weight excluding hydrogens is 406 g/mol. The Morgan fingerprint density at radius 1 is 1.16 bits per heavy atom. The molecular formula is C21H31N3O7. The topological polar surface area (TPSA) is 134 Å². The lowest BCUT2D eigenvalue weighted by molar-refractivity contribution is -0.143. The lowest BCUT2D eigenvalue weighted by Gasteiger charge is -2.28. The van der Waals surface area contributed by atoms with Crippen LogP contribution in [0.15, 0.2) is 24.3 Å². The van der Waals surface area contributed by atoms with Crippen molar-refractivity contribution in [2.24, 2.45) is 0 Å². The zero-order valence-electron chi connectivity index (χ0n) is 18.6. The number of aromatic hydroxyl groups is 1. The number of ether oxygens (including phenoxy) is 2. The first-order valence-corrected chi connectivity index (χ1v) is 9.89. The van der Waals surface area contributed by atoms with Gasteiger partial charge in [-0.3, -0.25) is 14.4 Å². The van der Waals surface area contributed by atoms with E-state index in [1.165, 1.54) is 19.2 Å². The number of phenols is 1. The molecule has 0 aliphatic carbocycles. The third-order valence-corrected chi connectivity index (χ3v) is 3.93. The number of hydrogen-bond donors (Lipinski definition) is 3. The van der Waals surface area contributed by atoms with Gasteiger partial charge in [0.15, 0.2) is 0 Å². The minimum absolute atomic E-state index is 0.0190. The number of hydrogen-bond acceptors (Lipinski definition) is 7. The van der Waals surface area contributed by atoms with Crippen LogP contribution in [0, 0.1) is 0 Å². The maximum Gasteiger partial charge on any atom is 0.408 e. The first-order valence-electron chi connectivity index (χ1n) is 9.89. The van der Waals surface area contributed by atoms with Crippen molar-refractivity contribution in [3.63, 3.8) is 0 Å². The number of esters is 1. The molecule has 0 aromatic heterocycles. The molecule has 0 saturated carbocycles. The zero-order valence-corrected chi connectivity index (χ0v) is 18.6. The molecule has 10 nitrogen and oxygen atoms in total. The fraction of sp³-hybridized carbons (Fsp3) is 0.524. The van der Waals surface area contributed by atoms with E-state index in [-0.39, 0.29) is 25.3 Å². The van der Waals surface area contributed by atoms with Gasteiger partial charge in [-0.1, -0.05) is 12.1 Å². The van der Waals surface area contributed by atoms with E-state index in [0.717, 1.165) is 4.90 Å². The van der Waals surface area contributed by atoms with Crippen LogP contribution < -0.4 is 10.6 Å². The second-order valence-corrected chi connectivity index (χ2v) is 7.70. The first-order chi connectivity index (χ1) is 14.4. The predicted molar refractivity (Wildman–Crippen MR) is 112 cm³/mol. The molecule has 172 valence electrons. The summed E-state index contributed by atoms with van der Waals surface area (Å²) in [5.41, 5.74) is -0.358. The van der Waals surface area contributed by atoms with Gasteiger partial charge in [0, 0.05) is 13.6 Å². The number of benzene rings is 1. The van der Waals surface area contributed by atoms with E-state index >= 15 is 0 Å². The van der Waals surface area contributed by atoms with Gasteiger partial charge >= 0.3 is 12.1 Å². The van der Waals surface area contributed by atoms with Gasteiger partial charge in [0.2, 0.25) is 11.8 Å². The lowest BCUT2D eigenvalue weighted by atomic mass is 10.0. The van der Waals surface area contributed by atoms with Crippen LogP contribution >= 0.6 is 0 Å². The van der Waals surface area contributed by atoms with Crippen molar-refractivity contribution in [3.05, 3.63) is 29.8 Å². The number of nitrogens with zero attached hydrogens (tertiary/aromatic N) is 1.